The van der Waals surface area contributed by atoms with Crippen molar-refractivity contribution in [3.63, 3.8) is 0 Å². The lowest BCUT2D eigenvalue weighted by molar-refractivity contribution is 0.0726. The summed E-state index contributed by atoms with van der Waals surface area (Å²) in [6, 6.07) is 11.0. The Morgan fingerprint density at radius 2 is 2.04 bits per heavy atom. The first-order chi connectivity index (χ1) is 12.1. The van der Waals surface area contributed by atoms with Gasteiger partial charge < -0.3 is 9.32 Å². The van der Waals surface area contributed by atoms with Gasteiger partial charge in [0.2, 0.25) is 0 Å². The molecule has 0 fully saturated rings. The Bertz CT molecular complexity index is 821. The molecule has 0 aliphatic heterocycles. The molecule has 0 radical (unpaired) electrons. The number of amides is 1. The lowest BCUT2D eigenvalue weighted by Gasteiger charge is -2.23. The summed E-state index contributed by atoms with van der Waals surface area (Å²) in [7, 11) is 1.78. The maximum atomic E-state index is 12.7. The summed E-state index contributed by atoms with van der Waals surface area (Å²) < 4.78 is 7.27. The quantitative estimate of drug-likeness (QED) is 0.686. The van der Waals surface area contributed by atoms with E-state index >= 15 is 0 Å². The smallest absolute Gasteiger partial charge is 0.254 e. The normalized spacial score (nSPS) is 12.1. The van der Waals surface area contributed by atoms with Crippen LogP contribution in [-0.2, 0) is 6.54 Å². The molecule has 0 aliphatic carbocycles. The van der Waals surface area contributed by atoms with Gasteiger partial charge in [-0.1, -0.05) is 19.1 Å². The number of carbonyl (C=O) groups is 1. The summed E-state index contributed by atoms with van der Waals surface area (Å²) in [5.74, 6) is 1.53. The summed E-state index contributed by atoms with van der Waals surface area (Å²) in [4.78, 5) is 18.7. The number of rotatable bonds is 6. The third-order valence-electron chi connectivity index (χ3n) is 4.30. The Balaban J connectivity index is 1.77. The molecule has 1 amide bonds. The largest absolute Gasteiger partial charge is 0.467 e. The van der Waals surface area contributed by atoms with Gasteiger partial charge in [-0.3, -0.25) is 4.79 Å². The van der Waals surface area contributed by atoms with Crippen LogP contribution < -0.4 is 0 Å². The van der Waals surface area contributed by atoms with Gasteiger partial charge in [0.15, 0.2) is 5.82 Å². The van der Waals surface area contributed by atoms with E-state index in [-0.39, 0.29) is 11.9 Å². The molecule has 2 aromatic heterocycles. The van der Waals surface area contributed by atoms with Gasteiger partial charge in [-0.25, -0.2) is 9.67 Å². The van der Waals surface area contributed by atoms with Crippen LogP contribution in [0.3, 0.4) is 0 Å². The van der Waals surface area contributed by atoms with Crippen molar-refractivity contribution in [2.24, 2.45) is 0 Å². The molecule has 6 heteroatoms. The van der Waals surface area contributed by atoms with Crippen LogP contribution in [0.2, 0.25) is 0 Å². The Morgan fingerprint density at radius 3 is 2.68 bits per heavy atom. The van der Waals surface area contributed by atoms with Crippen molar-refractivity contribution in [2.45, 2.75) is 32.9 Å². The molecule has 0 unspecified atom stereocenters. The minimum Gasteiger partial charge on any atom is -0.467 e. The van der Waals surface area contributed by atoms with E-state index in [9.17, 15) is 4.79 Å². The number of furan rings is 1. The van der Waals surface area contributed by atoms with Crippen molar-refractivity contribution < 1.29 is 9.21 Å². The van der Waals surface area contributed by atoms with E-state index in [1.807, 2.05) is 48.0 Å². The summed E-state index contributed by atoms with van der Waals surface area (Å²) in [6.45, 7) is 4.86. The van der Waals surface area contributed by atoms with Crippen molar-refractivity contribution in [2.75, 3.05) is 7.05 Å². The molecular weight excluding hydrogens is 316 g/mol. The van der Waals surface area contributed by atoms with Gasteiger partial charge in [-0.15, -0.1) is 0 Å². The number of hydrogen-bond donors (Lipinski definition) is 0. The lowest BCUT2D eigenvalue weighted by Crippen LogP contribution is -2.29. The first-order valence-electron chi connectivity index (χ1n) is 8.40. The van der Waals surface area contributed by atoms with Crippen LogP contribution in [0.25, 0.3) is 11.4 Å². The van der Waals surface area contributed by atoms with Gasteiger partial charge in [-0.05, 0) is 37.6 Å². The van der Waals surface area contributed by atoms with Gasteiger partial charge in [-0.2, -0.15) is 5.10 Å². The van der Waals surface area contributed by atoms with Gasteiger partial charge in [0.1, 0.15) is 12.1 Å². The molecule has 3 rings (SSSR count). The second kappa shape index (κ2) is 7.34. The third kappa shape index (κ3) is 3.47. The average Bonchev–Trinajstić information content (AvgIpc) is 3.32. The fourth-order valence-electron chi connectivity index (χ4n) is 2.72. The zero-order valence-electron chi connectivity index (χ0n) is 14.7. The SMILES string of the molecule is CCCn1ncnc1-c1ccc(C(=O)N(C)[C@@H](C)c2ccco2)cc1. The topological polar surface area (TPSA) is 64.2 Å². The minimum atomic E-state index is -0.130. The van der Waals surface area contributed by atoms with E-state index in [1.54, 1.807) is 24.5 Å². The molecule has 1 atom stereocenters. The first kappa shape index (κ1) is 17.0. The number of aromatic nitrogens is 3. The Kier molecular flexibility index (Phi) is 4.97. The number of nitrogens with zero attached hydrogens (tertiary/aromatic N) is 4. The molecule has 0 N–H and O–H groups in total. The average molecular weight is 338 g/mol. The van der Waals surface area contributed by atoms with Gasteiger partial charge >= 0.3 is 0 Å². The highest BCUT2D eigenvalue weighted by Crippen LogP contribution is 2.22. The Hall–Kier alpha value is -2.89. The first-order valence-corrected chi connectivity index (χ1v) is 8.40. The zero-order chi connectivity index (χ0) is 17.8. The lowest BCUT2D eigenvalue weighted by atomic mass is 10.1. The predicted molar refractivity (Wildman–Crippen MR) is 95.0 cm³/mol. The van der Waals surface area contributed by atoms with Crippen LogP contribution in [0.15, 0.2) is 53.4 Å². The van der Waals surface area contributed by atoms with Crippen LogP contribution in [0, 0.1) is 0 Å². The van der Waals surface area contributed by atoms with Crippen LogP contribution >= 0.6 is 0 Å². The van der Waals surface area contributed by atoms with E-state index < -0.39 is 0 Å². The highest BCUT2D eigenvalue weighted by Gasteiger charge is 2.21. The van der Waals surface area contributed by atoms with E-state index in [0.717, 1.165) is 30.1 Å². The Morgan fingerprint density at radius 1 is 1.28 bits per heavy atom. The van der Waals surface area contributed by atoms with Crippen LogP contribution in [0.5, 0.6) is 0 Å². The molecular formula is C19H22N4O2. The summed E-state index contributed by atoms with van der Waals surface area (Å²) in [5, 5.41) is 4.24. The van der Waals surface area contributed by atoms with Crippen molar-refractivity contribution in [1.82, 2.24) is 19.7 Å². The summed E-state index contributed by atoms with van der Waals surface area (Å²) >= 11 is 0. The molecule has 0 spiro atoms. The van der Waals surface area contributed by atoms with Gasteiger partial charge in [0.05, 0.1) is 12.3 Å². The molecule has 0 saturated carbocycles. The molecule has 25 heavy (non-hydrogen) atoms. The van der Waals surface area contributed by atoms with E-state index in [2.05, 4.69) is 17.0 Å². The fourth-order valence-corrected chi connectivity index (χ4v) is 2.72. The number of aryl methyl sites for hydroxylation is 1. The third-order valence-corrected chi connectivity index (χ3v) is 4.30. The molecule has 0 aliphatic rings. The van der Waals surface area contributed by atoms with Gasteiger partial charge in [0.25, 0.3) is 5.91 Å². The summed E-state index contributed by atoms with van der Waals surface area (Å²) in [6.07, 6.45) is 4.16. The van der Waals surface area contributed by atoms with E-state index in [1.165, 1.54) is 0 Å². The van der Waals surface area contributed by atoms with Crippen molar-refractivity contribution in [3.8, 4) is 11.4 Å². The maximum Gasteiger partial charge on any atom is 0.254 e. The Labute approximate surface area is 147 Å². The standard InChI is InChI=1S/C19H22N4O2/c1-4-11-23-18(20-13-21-23)15-7-9-16(10-8-15)19(24)22(3)14(2)17-6-5-12-25-17/h5-10,12-14H,4,11H2,1-3H3/t14-/m0/s1. The van der Waals surface area contributed by atoms with E-state index in [4.69, 9.17) is 4.42 Å². The van der Waals surface area contributed by atoms with E-state index in [0.29, 0.717) is 5.56 Å². The molecule has 1 aromatic carbocycles. The number of hydrogen-bond acceptors (Lipinski definition) is 4. The maximum absolute atomic E-state index is 12.7. The number of carbonyl (C=O) groups excluding carboxylic acids is 1. The predicted octanol–water partition coefficient (Wildman–Crippen LogP) is 3.78. The second-order valence-electron chi connectivity index (χ2n) is 5.99. The molecule has 130 valence electrons. The number of benzene rings is 1. The van der Waals surface area contributed by atoms with Gasteiger partial charge in [0, 0.05) is 24.7 Å². The minimum absolute atomic E-state index is 0.0505. The van der Waals surface area contributed by atoms with Crippen LogP contribution in [-0.4, -0.2) is 32.6 Å². The monoisotopic (exact) mass is 338 g/mol. The zero-order valence-corrected chi connectivity index (χ0v) is 14.7. The van der Waals surface area contributed by atoms with Crippen LogP contribution in [0.4, 0.5) is 0 Å². The van der Waals surface area contributed by atoms with Crippen molar-refractivity contribution >= 4 is 5.91 Å². The van der Waals surface area contributed by atoms with Crippen molar-refractivity contribution in [1.29, 1.82) is 0 Å². The van der Waals surface area contributed by atoms with Crippen molar-refractivity contribution in [3.05, 3.63) is 60.3 Å². The molecule has 2 heterocycles. The molecule has 0 saturated heterocycles. The second-order valence-corrected chi connectivity index (χ2v) is 5.99. The highest BCUT2D eigenvalue weighted by atomic mass is 16.3. The molecule has 0 bridgehead atoms. The molecule has 3 aromatic rings. The summed E-state index contributed by atoms with van der Waals surface area (Å²) in [5.41, 5.74) is 1.58. The fraction of sp³-hybridized carbons (Fsp3) is 0.316. The highest BCUT2D eigenvalue weighted by molar-refractivity contribution is 5.94. The van der Waals surface area contributed by atoms with Crippen LogP contribution in [0.1, 0.15) is 42.4 Å². The molecule has 6 nitrogen and oxygen atoms in total.